The summed E-state index contributed by atoms with van der Waals surface area (Å²) in [5.74, 6) is -0.152. The topological polar surface area (TPSA) is 67.2 Å². The summed E-state index contributed by atoms with van der Waals surface area (Å²) in [6.07, 6.45) is 0. The molecule has 5 rings (SSSR count). The van der Waals surface area contributed by atoms with E-state index in [2.05, 4.69) is 21.7 Å². The minimum atomic E-state index is -0.482. The van der Waals surface area contributed by atoms with Crippen LogP contribution in [0.3, 0.4) is 0 Å². The van der Waals surface area contributed by atoms with Gasteiger partial charge in [-0.2, -0.15) is 0 Å². The molecule has 1 amide bonds. The van der Waals surface area contributed by atoms with Crippen LogP contribution >= 0.6 is 12.2 Å². The van der Waals surface area contributed by atoms with Crippen molar-refractivity contribution in [2.45, 2.75) is 19.8 Å². The number of carbonyl (C=O) groups is 1. The molecule has 0 unspecified atom stereocenters. The van der Waals surface area contributed by atoms with Gasteiger partial charge in [-0.25, -0.2) is 4.98 Å². The summed E-state index contributed by atoms with van der Waals surface area (Å²) in [5.41, 5.74) is 7.13. The normalized spacial score (nSPS) is 11.0. The smallest absolute Gasteiger partial charge is 0.238 e. The summed E-state index contributed by atoms with van der Waals surface area (Å²) in [6, 6.07) is 31.0. The van der Waals surface area contributed by atoms with E-state index in [0.717, 1.165) is 44.6 Å². The predicted molar refractivity (Wildman–Crippen MR) is 148 cm³/mol. The third kappa shape index (κ3) is 5.04. The van der Waals surface area contributed by atoms with E-state index in [0.29, 0.717) is 5.89 Å². The molecule has 0 saturated heterocycles. The zero-order valence-electron chi connectivity index (χ0n) is 20.0. The van der Waals surface area contributed by atoms with Crippen molar-refractivity contribution in [1.82, 2.24) is 10.3 Å². The Labute approximate surface area is 215 Å². The summed E-state index contributed by atoms with van der Waals surface area (Å²) >= 11 is 5.49. The highest BCUT2D eigenvalue weighted by Gasteiger charge is 2.23. The SMILES string of the molecule is Cc1cc(C)c2oc(-c3cccc(NC(=S)NC(=O)C(c4ccccc4)c4ccccc4)c3)nc2c1. The van der Waals surface area contributed by atoms with Gasteiger partial charge in [-0.05, 0) is 72.6 Å². The molecule has 0 spiro atoms. The Kier molecular flexibility index (Phi) is 6.60. The first-order chi connectivity index (χ1) is 17.5. The molecule has 6 heteroatoms. The average molecular weight is 492 g/mol. The highest BCUT2D eigenvalue weighted by atomic mass is 32.1. The number of fused-ring (bicyclic) bond motifs is 1. The first-order valence-electron chi connectivity index (χ1n) is 11.7. The number of nitrogens with one attached hydrogen (secondary N) is 2. The first-order valence-corrected chi connectivity index (χ1v) is 12.1. The molecule has 0 radical (unpaired) electrons. The molecule has 4 aromatic carbocycles. The molecule has 2 N–H and O–H groups in total. The van der Waals surface area contributed by atoms with Crippen molar-refractivity contribution < 1.29 is 9.21 Å². The number of aryl methyl sites for hydroxylation is 2. The van der Waals surface area contributed by atoms with Gasteiger partial charge in [0.05, 0.1) is 5.92 Å². The minimum absolute atomic E-state index is 0.203. The summed E-state index contributed by atoms with van der Waals surface area (Å²) in [4.78, 5) is 18.0. The first kappa shape index (κ1) is 23.5. The molecule has 0 bridgehead atoms. The molecule has 0 aliphatic heterocycles. The van der Waals surface area contributed by atoms with Gasteiger partial charge in [0.1, 0.15) is 5.52 Å². The van der Waals surface area contributed by atoms with E-state index in [9.17, 15) is 4.79 Å². The van der Waals surface area contributed by atoms with Crippen molar-refractivity contribution in [3.05, 3.63) is 119 Å². The van der Waals surface area contributed by atoms with Crippen LogP contribution in [0.1, 0.15) is 28.2 Å². The lowest BCUT2D eigenvalue weighted by atomic mass is 9.90. The number of aromatic nitrogens is 1. The molecule has 0 atom stereocenters. The Balaban J connectivity index is 1.34. The second kappa shape index (κ2) is 10.1. The highest BCUT2D eigenvalue weighted by Crippen LogP contribution is 2.29. The van der Waals surface area contributed by atoms with E-state index in [1.165, 1.54) is 0 Å². The number of oxazole rings is 1. The number of carbonyl (C=O) groups excluding carboxylic acids is 1. The number of hydrogen-bond donors (Lipinski definition) is 2. The Morgan fingerprint density at radius 1 is 0.861 bits per heavy atom. The molecule has 0 fully saturated rings. The Morgan fingerprint density at radius 3 is 2.19 bits per heavy atom. The second-order valence-electron chi connectivity index (χ2n) is 8.73. The van der Waals surface area contributed by atoms with Gasteiger partial charge in [0.15, 0.2) is 10.7 Å². The molecular formula is C30H25N3O2S. The maximum absolute atomic E-state index is 13.3. The number of hydrogen-bond acceptors (Lipinski definition) is 4. The zero-order chi connectivity index (χ0) is 25.1. The fourth-order valence-corrected chi connectivity index (χ4v) is 4.58. The molecule has 178 valence electrons. The van der Waals surface area contributed by atoms with Gasteiger partial charge in [-0.15, -0.1) is 0 Å². The van der Waals surface area contributed by atoms with Crippen LogP contribution in [0.25, 0.3) is 22.6 Å². The fraction of sp³-hybridized carbons (Fsp3) is 0.100. The van der Waals surface area contributed by atoms with E-state index in [-0.39, 0.29) is 11.0 Å². The summed E-state index contributed by atoms with van der Waals surface area (Å²) in [5, 5.41) is 6.21. The monoisotopic (exact) mass is 491 g/mol. The molecule has 0 aliphatic rings. The van der Waals surface area contributed by atoms with Gasteiger partial charge in [0, 0.05) is 11.3 Å². The van der Waals surface area contributed by atoms with Crippen LogP contribution in [0.4, 0.5) is 5.69 Å². The zero-order valence-corrected chi connectivity index (χ0v) is 20.8. The van der Waals surface area contributed by atoms with E-state index in [4.69, 9.17) is 16.6 Å². The van der Waals surface area contributed by atoms with Gasteiger partial charge in [-0.1, -0.05) is 72.8 Å². The Morgan fingerprint density at radius 2 is 1.53 bits per heavy atom. The fourth-order valence-electron chi connectivity index (χ4n) is 4.36. The van der Waals surface area contributed by atoms with E-state index in [1.54, 1.807) is 0 Å². The van der Waals surface area contributed by atoms with Gasteiger partial charge < -0.3 is 15.1 Å². The van der Waals surface area contributed by atoms with Crippen molar-refractivity contribution in [2.24, 2.45) is 0 Å². The summed E-state index contributed by atoms with van der Waals surface area (Å²) < 4.78 is 6.05. The molecule has 36 heavy (non-hydrogen) atoms. The predicted octanol–water partition coefficient (Wildman–Crippen LogP) is 6.76. The largest absolute Gasteiger partial charge is 0.436 e. The Hall–Kier alpha value is -4.29. The van der Waals surface area contributed by atoms with Gasteiger partial charge >= 0.3 is 0 Å². The molecule has 1 aromatic heterocycles. The number of anilines is 1. The third-order valence-corrected chi connectivity index (χ3v) is 6.16. The number of thiocarbonyl (C=S) groups is 1. The molecular weight excluding hydrogens is 466 g/mol. The van der Waals surface area contributed by atoms with Crippen LogP contribution in [-0.2, 0) is 4.79 Å². The summed E-state index contributed by atoms with van der Waals surface area (Å²) in [7, 11) is 0. The highest BCUT2D eigenvalue weighted by molar-refractivity contribution is 7.80. The molecule has 5 nitrogen and oxygen atoms in total. The van der Waals surface area contributed by atoms with E-state index < -0.39 is 5.92 Å². The maximum atomic E-state index is 13.3. The lowest BCUT2D eigenvalue weighted by molar-refractivity contribution is -0.120. The van der Waals surface area contributed by atoms with Crippen LogP contribution in [0.15, 0.2) is 101 Å². The van der Waals surface area contributed by atoms with Crippen LogP contribution in [-0.4, -0.2) is 16.0 Å². The second-order valence-corrected chi connectivity index (χ2v) is 9.14. The van der Waals surface area contributed by atoms with Crippen LogP contribution < -0.4 is 10.6 Å². The third-order valence-electron chi connectivity index (χ3n) is 5.95. The van der Waals surface area contributed by atoms with E-state index in [1.807, 2.05) is 105 Å². The van der Waals surface area contributed by atoms with Crippen molar-refractivity contribution in [1.29, 1.82) is 0 Å². The van der Waals surface area contributed by atoms with E-state index >= 15 is 0 Å². The number of nitrogens with zero attached hydrogens (tertiary/aromatic N) is 1. The van der Waals surface area contributed by atoms with Crippen LogP contribution in [0.2, 0.25) is 0 Å². The van der Waals surface area contributed by atoms with Crippen molar-refractivity contribution in [2.75, 3.05) is 5.32 Å². The van der Waals surface area contributed by atoms with Gasteiger partial charge in [-0.3, -0.25) is 4.79 Å². The molecule has 0 aliphatic carbocycles. The molecule has 5 aromatic rings. The van der Waals surface area contributed by atoms with Gasteiger partial charge in [0.2, 0.25) is 11.8 Å². The standard InChI is InChI=1S/C30H25N3O2S/c1-19-16-20(2)27-25(17-19)32-29(35-27)23-14-9-15-24(18-23)31-30(36)33-28(34)26(21-10-5-3-6-11-21)22-12-7-4-8-13-22/h3-18,26H,1-2H3,(H2,31,33,34,36). The minimum Gasteiger partial charge on any atom is -0.436 e. The average Bonchev–Trinajstić information content (AvgIpc) is 3.30. The molecule has 1 heterocycles. The number of rotatable bonds is 5. The number of benzene rings is 4. The van der Waals surface area contributed by atoms with Crippen molar-refractivity contribution >= 4 is 40.0 Å². The maximum Gasteiger partial charge on any atom is 0.238 e. The van der Waals surface area contributed by atoms with Gasteiger partial charge in [0.25, 0.3) is 0 Å². The lowest BCUT2D eigenvalue weighted by Crippen LogP contribution is -2.37. The van der Waals surface area contributed by atoms with Crippen LogP contribution in [0, 0.1) is 13.8 Å². The lowest BCUT2D eigenvalue weighted by Gasteiger charge is -2.18. The number of amides is 1. The molecule has 0 saturated carbocycles. The van der Waals surface area contributed by atoms with Crippen molar-refractivity contribution in [3.8, 4) is 11.5 Å². The quantitative estimate of drug-likeness (QED) is 0.266. The Bertz CT molecular complexity index is 1510. The van der Waals surface area contributed by atoms with Crippen molar-refractivity contribution in [3.63, 3.8) is 0 Å². The summed E-state index contributed by atoms with van der Waals surface area (Å²) in [6.45, 7) is 4.06. The van der Waals surface area contributed by atoms with Crippen LogP contribution in [0.5, 0.6) is 0 Å².